The van der Waals surface area contributed by atoms with Gasteiger partial charge in [0.25, 0.3) is 0 Å². The van der Waals surface area contributed by atoms with Crippen molar-refractivity contribution in [1.82, 2.24) is 0 Å². The average Bonchev–Trinajstić information content (AvgIpc) is 2.31. The molecule has 92 valence electrons. The van der Waals surface area contributed by atoms with E-state index in [4.69, 9.17) is 22.6 Å². The smallest absolute Gasteiger partial charge is 0.0992 e. The van der Waals surface area contributed by atoms with Gasteiger partial charge in [0.2, 0.25) is 0 Å². The summed E-state index contributed by atoms with van der Waals surface area (Å²) in [5.74, 6) is 0.374. The maximum Gasteiger partial charge on any atom is 0.0992 e. The Morgan fingerprint density at radius 2 is 2.18 bits per heavy atom. The van der Waals surface area contributed by atoms with Crippen molar-refractivity contribution < 1.29 is 0 Å². The minimum Gasteiger partial charge on any atom is -0.377 e. The summed E-state index contributed by atoms with van der Waals surface area (Å²) in [7, 11) is 0. The number of benzene rings is 1. The van der Waals surface area contributed by atoms with Gasteiger partial charge in [0.15, 0.2) is 0 Å². The molecule has 0 spiro atoms. The summed E-state index contributed by atoms with van der Waals surface area (Å²) >= 11 is 6.12. The molecule has 0 fully saturated rings. The van der Waals surface area contributed by atoms with Gasteiger partial charge in [-0.3, -0.25) is 0 Å². The van der Waals surface area contributed by atoms with Crippen molar-refractivity contribution in [3.05, 3.63) is 28.8 Å². The lowest BCUT2D eigenvalue weighted by molar-refractivity contribution is 0.382. The Kier molecular flexibility index (Phi) is 4.39. The van der Waals surface area contributed by atoms with Crippen molar-refractivity contribution >= 4 is 17.3 Å². The van der Waals surface area contributed by atoms with Gasteiger partial charge in [0.1, 0.15) is 0 Å². The van der Waals surface area contributed by atoms with Crippen molar-refractivity contribution in [1.29, 1.82) is 5.26 Å². The minimum absolute atomic E-state index is 0.211. The maximum atomic E-state index is 8.77. The molecule has 0 aliphatic carbocycles. The van der Waals surface area contributed by atoms with E-state index in [9.17, 15) is 0 Å². The van der Waals surface area contributed by atoms with E-state index >= 15 is 0 Å². The largest absolute Gasteiger partial charge is 0.377 e. The molecule has 3 N–H and O–H groups in total. The Morgan fingerprint density at radius 1 is 1.53 bits per heavy atom. The number of hydrogen-bond donors (Lipinski definition) is 2. The molecule has 0 aromatic heterocycles. The zero-order chi connectivity index (χ0) is 13.1. The van der Waals surface area contributed by atoms with E-state index in [2.05, 4.69) is 32.2 Å². The Morgan fingerprint density at radius 3 is 2.59 bits per heavy atom. The van der Waals surface area contributed by atoms with E-state index < -0.39 is 0 Å². The lowest BCUT2D eigenvalue weighted by Gasteiger charge is -2.35. The van der Waals surface area contributed by atoms with E-state index in [0.29, 0.717) is 23.0 Å². The van der Waals surface area contributed by atoms with E-state index in [0.717, 1.165) is 5.69 Å². The minimum atomic E-state index is -0.211. The third-order valence-corrected chi connectivity index (χ3v) is 3.53. The van der Waals surface area contributed by atoms with Crippen molar-refractivity contribution in [2.24, 2.45) is 11.7 Å². The second-order valence-electron chi connectivity index (χ2n) is 4.71. The maximum absolute atomic E-state index is 8.77. The normalized spacial score (nSPS) is 14.2. The lowest BCUT2D eigenvalue weighted by atomic mass is 9.88. The molecule has 1 aromatic carbocycles. The monoisotopic (exact) mass is 251 g/mol. The van der Waals surface area contributed by atoms with Crippen LogP contribution in [0.3, 0.4) is 0 Å². The summed E-state index contributed by atoms with van der Waals surface area (Å²) in [5.41, 5.74) is 6.96. The Balaban J connectivity index is 3.00. The number of rotatable bonds is 4. The van der Waals surface area contributed by atoms with E-state index in [1.165, 1.54) is 0 Å². The SMILES string of the molecule is CC(C)C(C)(CN)Nc1ccc(C#N)cc1Cl. The Bertz CT molecular complexity index is 437. The van der Waals surface area contributed by atoms with E-state index in [-0.39, 0.29) is 5.54 Å². The molecule has 0 heterocycles. The molecule has 0 saturated carbocycles. The molecule has 1 rings (SSSR count). The summed E-state index contributed by atoms with van der Waals surface area (Å²) in [6, 6.07) is 7.27. The number of anilines is 1. The lowest BCUT2D eigenvalue weighted by Crippen LogP contribution is -2.47. The van der Waals surface area contributed by atoms with E-state index in [1.807, 2.05) is 6.07 Å². The number of nitrogens with two attached hydrogens (primary N) is 1. The van der Waals surface area contributed by atoms with Crippen LogP contribution in [0, 0.1) is 17.2 Å². The second-order valence-corrected chi connectivity index (χ2v) is 5.11. The average molecular weight is 252 g/mol. The zero-order valence-corrected chi connectivity index (χ0v) is 11.2. The number of nitriles is 1. The number of nitrogens with one attached hydrogen (secondary N) is 1. The van der Waals surface area contributed by atoms with Gasteiger partial charge < -0.3 is 11.1 Å². The van der Waals surface area contributed by atoms with Gasteiger partial charge in [-0.1, -0.05) is 25.4 Å². The molecule has 1 aromatic rings. The van der Waals surface area contributed by atoms with Crippen molar-refractivity contribution in [3.63, 3.8) is 0 Å². The van der Waals surface area contributed by atoms with Crippen LogP contribution in [0.25, 0.3) is 0 Å². The molecular weight excluding hydrogens is 234 g/mol. The van der Waals surface area contributed by atoms with Gasteiger partial charge >= 0.3 is 0 Å². The zero-order valence-electron chi connectivity index (χ0n) is 10.4. The summed E-state index contributed by atoms with van der Waals surface area (Å²) in [5, 5.41) is 12.7. The van der Waals surface area contributed by atoms with Crippen LogP contribution in [-0.4, -0.2) is 12.1 Å². The van der Waals surface area contributed by atoms with Gasteiger partial charge in [-0.2, -0.15) is 5.26 Å². The molecule has 3 nitrogen and oxygen atoms in total. The topological polar surface area (TPSA) is 61.8 Å². The van der Waals surface area contributed by atoms with Gasteiger partial charge in [-0.05, 0) is 31.0 Å². The van der Waals surface area contributed by atoms with Crippen LogP contribution < -0.4 is 11.1 Å². The van der Waals surface area contributed by atoms with Gasteiger partial charge in [0, 0.05) is 12.1 Å². The third-order valence-electron chi connectivity index (χ3n) is 3.22. The van der Waals surface area contributed by atoms with Crippen molar-refractivity contribution in [3.8, 4) is 6.07 Å². The van der Waals surface area contributed by atoms with Gasteiger partial charge in [-0.15, -0.1) is 0 Å². The van der Waals surface area contributed by atoms with Gasteiger partial charge in [0.05, 0.1) is 22.3 Å². The third kappa shape index (κ3) is 3.12. The molecule has 1 unspecified atom stereocenters. The molecule has 0 saturated heterocycles. The second kappa shape index (κ2) is 5.39. The van der Waals surface area contributed by atoms with Crippen LogP contribution in [0.5, 0.6) is 0 Å². The van der Waals surface area contributed by atoms with Crippen LogP contribution >= 0.6 is 11.6 Å². The molecule has 0 aliphatic heterocycles. The highest BCUT2D eigenvalue weighted by Gasteiger charge is 2.26. The fourth-order valence-electron chi connectivity index (χ4n) is 1.42. The first kappa shape index (κ1) is 13.8. The van der Waals surface area contributed by atoms with E-state index in [1.54, 1.807) is 12.1 Å². The quantitative estimate of drug-likeness (QED) is 0.865. The molecular formula is C13H18ClN3. The molecule has 0 bridgehead atoms. The fourth-order valence-corrected chi connectivity index (χ4v) is 1.65. The Hall–Kier alpha value is -1.24. The highest BCUT2D eigenvalue weighted by Crippen LogP contribution is 2.28. The number of nitrogens with zero attached hydrogens (tertiary/aromatic N) is 1. The fraction of sp³-hybridized carbons (Fsp3) is 0.462. The highest BCUT2D eigenvalue weighted by atomic mass is 35.5. The van der Waals surface area contributed by atoms with Crippen LogP contribution in [-0.2, 0) is 0 Å². The van der Waals surface area contributed by atoms with Crippen LogP contribution in [0.15, 0.2) is 18.2 Å². The first-order valence-corrected chi connectivity index (χ1v) is 5.98. The first-order chi connectivity index (χ1) is 7.92. The molecule has 1 atom stereocenters. The first-order valence-electron chi connectivity index (χ1n) is 5.61. The predicted molar refractivity (Wildman–Crippen MR) is 72.1 cm³/mol. The number of hydrogen-bond acceptors (Lipinski definition) is 3. The summed E-state index contributed by atoms with van der Waals surface area (Å²) < 4.78 is 0. The Labute approximate surface area is 108 Å². The van der Waals surface area contributed by atoms with Crippen LogP contribution in [0.4, 0.5) is 5.69 Å². The summed E-state index contributed by atoms with van der Waals surface area (Å²) in [4.78, 5) is 0. The molecule has 4 heteroatoms. The van der Waals surface area contributed by atoms with Crippen molar-refractivity contribution in [2.45, 2.75) is 26.3 Å². The summed E-state index contributed by atoms with van der Waals surface area (Å²) in [6.07, 6.45) is 0. The molecule has 0 aliphatic rings. The molecule has 0 radical (unpaired) electrons. The van der Waals surface area contributed by atoms with Gasteiger partial charge in [-0.25, -0.2) is 0 Å². The molecule has 0 amide bonds. The highest BCUT2D eigenvalue weighted by molar-refractivity contribution is 6.33. The van der Waals surface area contributed by atoms with Crippen LogP contribution in [0.2, 0.25) is 5.02 Å². The number of halogens is 1. The summed E-state index contributed by atoms with van der Waals surface area (Å²) in [6.45, 7) is 6.79. The van der Waals surface area contributed by atoms with Crippen molar-refractivity contribution in [2.75, 3.05) is 11.9 Å². The standard InChI is InChI=1S/C13H18ClN3/c1-9(2)13(3,8-16)17-12-5-4-10(7-15)6-11(12)14/h4-6,9,17H,8,16H2,1-3H3. The molecule has 17 heavy (non-hydrogen) atoms. The predicted octanol–water partition coefficient (Wildman–Crippen LogP) is 3.00. The van der Waals surface area contributed by atoms with Crippen LogP contribution in [0.1, 0.15) is 26.3 Å².